The van der Waals surface area contributed by atoms with Crippen molar-refractivity contribution in [1.82, 2.24) is 0 Å². The molecule has 17 heteroatoms. The molecule has 38 heavy (non-hydrogen) atoms. The quantitative estimate of drug-likeness (QED) is 0.243. The van der Waals surface area contributed by atoms with Gasteiger partial charge < -0.3 is 0 Å². The third-order valence-corrected chi connectivity index (χ3v) is 10.2. The third-order valence-electron chi connectivity index (χ3n) is 6.50. The van der Waals surface area contributed by atoms with E-state index < -0.39 is 78.0 Å². The molecule has 1 aromatic carbocycles. The Morgan fingerprint density at radius 2 is 1.16 bits per heavy atom. The van der Waals surface area contributed by atoms with E-state index in [-0.39, 0.29) is 6.42 Å². The van der Waals surface area contributed by atoms with Gasteiger partial charge in [0.2, 0.25) is 0 Å². The average molecular weight is 594 g/mol. The van der Waals surface area contributed by atoms with E-state index in [4.69, 9.17) is 9.05 Å². The molecule has 4 nitrogen and oxygen atoms in total. The molecular weight excluding hydrogens is 575 g/mol. The van der Waals surface area contributed by atoms with E-state index in [9.17, 15) is 52.7 Å². The van der Waals surface area contributed by atoms with Crippen molar-refractivity contribution in [2.24, 2.45) is 5.41 Å². The summed E-state index contributed by atoms with van der Waals surface area (Å²) in [5, 5.41) is -2.54. The second kappa shape index (κ2) is 7.77. The number of rotatable bonds is 1. The van der Waals surface area contributed by atoms with Crippen LogP contribution in [0.3, 0.4) is 0 Å². The molecule has 0 saturated carbocycles. The van der Waals surface area contributed by atoms with Gasteiger partial charge in [0.05, 0.1) is 0 Å². The van der Waals surface area contributed by atoms with Crippen molar-refractivity contribution in [2.45, 2.75) is 69.2 Å². The molecule has 0 radical (unpaired) electrons. The number of hydrogen-bond donors (Lipinski definition) is 0. The fourth-order valence-corrected chi connectivity index (χ4v) is 9.73. The van der Waals surface area contributed by atoms with Crippen molar-refractivity contribution in [3.63, 3.8) is 0 Å². The standard InChI is InChI=1S/C21H19F12O4P/c1-15(2,3)12-9-10-34-38(35-12)14(17(37-38,20(28,29)30)21(31,32)33)13(11-7-5-4-6-8-11)16(36-38,18(22,23)24)19(25,26)27/h4-8,12H,9-10H2,1-3H3. The number of alkyl halides is 12. The van der Waals surface area contributed by atoms with Crippen molar-refractivity contribution in [3.8, 4) is 0 Å². The van der Waals surface area contributed by atoms with Crippen LogP contribution in [0.1, 0.15) is 32.8 Å². The fraction of sp³-hybridized carbons (Fsp3) is 0.619. The molecule has 1 spiro atoms. The van der Waals surface area contributed by atoms with Crippen LogP contribution < -0.4 is 0 Å². The summed E-state index contributed by atoms with van der Waals surface area (Å²) in [6.07, 6.45) is -28.3. The zero-order chi connectivity index (χ0) is 29.0. The Morgan fingerprint density at radius 3 is 1.58 bits per heavy atom. The molecule has 0 aromatic heterocycles. The zero-order valence-electron chi connectivity index (χ0n) is 19.5. The molecule has 3 aliphatic heterocycles. The van der Waals surface area contributed by atoms with Crippen LogP contribution in [0.4, 0.5) is 52.7 Å². The summed E-state index contributed by atoms with van der Waals surface area (Å²) in [6, 6.07) is 3.75. The molecule has 3 heterocycles. The van der Waals surface area contributed by atoms with Crippen LogP contribution >= 0.6 is 7.51 Å². The predicted molar refractivity (Wildman–Crippen MR) is 107 cm³/mol. The molecule has 0 N–H and O–H groups in total. The maximum atomic E-state index is 14.5. The first-order valence-electron chi connectivity index (χ1n) is 10.8. The third kappa shape index (κ3) is 3.52. The van der Waals surface area contributed by atoms with E-state index in [2.05, 4.69) is 9.05 Å². The Labute approximate surface area is 207 Å². The van der Waals surface area contributed by atoms with E-state index >= 15 is 0 Å². The van der Waals surface area contributed by atoms with Gasteiger partial charge in [-0.15, -0.1) is 0 Å². The summed E-state index contributed by atoms with van der Waals surface area (Å²) in [5.74, 6) is 0. The fourth-order valence-electron chi connectivity index (χ4n) is 4.86. The van der Waals surface area contributed by atoms with E-state index in [1.54, 1.807) is 0 Å². The van der Waals surface area contributed by atoms with Crippen molar-refractivity contribution in [1.29, 1.82) is 0 Å². The topological polar surface area (TPSA) is 36.9 Å². The summed E-state index contributed by atoms with van der Waals surface area (Å²) >= 11 is 0. The Bertz CT molecular complexity index is 1120. The molecule has 4 rings (SSSR count). The predicted octanol–water partition coefficient (Wildman–Crippen LogP) is 8.25. The van der Waals surface area contributed by atoms with E-state index in [0.29, 0.717) is 12.1 Å². The minimum atomic E-state index is -7.10. The summed E-state index contributed by atoms with van der Waals surface area (Å²) < 4.78 is 192. The second-order valence-corrected chi connectivity index (χ2v) is 12.9. The zero-order valence-corrected chi connectivity index (χ0v) is 20.4. The Balaban J connectivity index is 2.26. The molecule has 2 fully saturated rings. The average Bonchev–Trinajstić information content (AvgIpc) is 2.91. The van der Waals surface area contributed by atoms with E-state index in [1.807, 2.05) is 0 Å². The van der Waals surface area contributed by atoms with Gasteiger partial charge in [-0.1, -0.05) is 0 Å². The van der Waals surface area contributed by atoms with Crippen molar-refractivity contribution >= 4 is 13.1 Å². The second-order valence-electron chi connectivity index (χ2n) is 10.0. The van der Waals surface area contributed by atoms with Gasteiger partial charge >= 0.3 is 206 Å². The van der Waals surface area contributed by atoms with Crippen LogP contribution in [0, 0.1) is 5.41 Å². The first-order chi connectivity index (χ1) is 16.9. The number of halogens is 12. The van der Waals surface area contributed by atoms with Crippen LogP contribution in [0.25, 0.3) is 5.57 Å². The van der Waals surface area contributed by atoms with Crippen molar-refractivity contribution < 1.29 is 70.8 Å². The molecule has 0 aliphatic carbocycles. The van der Waals surface area contributed by atoms with Gasteiger partial charge in [0, 0.05) is 0 Å². The molecule has 216 valence electrons. The summed E-state index contributed by atoms with van der Waals surface area (Å²) in [5.41, 5.74) is -16.3. The SMILES string of the molecule is CC(C)(C)C1CCOP23(O1)OC(C(F)(F)F)(C(F)(F)F)C(c1ccccc1)=C2C(C(F)(F)F)(C(F)(F)F)O3. The van der Waals surface area contributed by atoms with Crippen LogP contribution in [0.15, 0.2) is 35.6 Å². The van der Waals surface area contributed by atoms with Gasteiger partial charge in [-0.25, -0.2) is 0 Å². The van der Waals surface area contributed by atoms with E-state index in [0.717, 1.165) is 18.2 Å². The van der Waals surface area contributed by atoms with Gasteiger partial charge in [-0.2, -0.15) is 0 Å². The van der Waals surface area contributed by atoms with Crippen molar-refractivity contribution in [2.75, 3.05) is 6.61 Å². The Hall–Kier alpha value is -1.61. The van der Waals surface area contributed by atoms with Crippen LogP contribution in [-0.4, -0.2) is 48.6 Å². The summed E-state index contributed by atoms with van der Waals surface area (Å²) in [6.45, 7) is 3.16. The molecule has 1 aromatic rings. The van der Waals surface area contributed by atoms with Crippen LogP contribution in [0.2, 0.25) is 0 Å². The monoisotopic (exact) mass is 594 g/mol. The number of benzene rings is 1. The summed E-state index contributed by atoms with van der Waals surface area (Å²) in [7, 11) is -7.10. The molecule has 0 bridgehead atoms. The van der Waals surface area contributed by atoms with Crippen LogP contribution in [0.5, 0.6) is 0 Å². The molecule has 1 unspecified atom stereocenters. The number of hydrogen-bond acceptors (Lipinski definition) is 4. The van der Waals surface area contributed by atoms with Crippen LogP contribution in [-0.2, 0) is 18.1 Å². The molecule has 0 amide bonds. The first-order valence-corrected chi connectivity index (χ1v) is 12.7. The van der Waals surface area contributed by atoms with E-state index in [1.165, 1.54) is 20.8 Å². The van der Waals surface area contributed by atoms with Gasteiger partial charge in [-0.3, -0.25) is 0 Å². The Morgan fingerprint density at radius 1 is 0.711 bits per heavy atom. The molecule has 1 atom stereocenters. The normalized spacial score (nSPS) is 27.9. The molecule has 3 aliphatic rings. The Kier molecular flexibility index (Phi) is 6.01. The van der Waals surface area contributed by atoms with Gasteiger partial charge in [-0.05, 0) is 0 Å². The summed E-state index contributed by atoms with van der Waals surface area (Å²) in [4.78, 5) is 0. The van der Waals surface area contributed by atoms with Gasteiger partial charge in [0.15, 0.2) is 0 Å². The van der Waals surface area contributed by atoms with Gasteiger partial charge in [0.1, 0.15) is 0 Å². The molecular formula is C21H19F12O4P. The van der Waals surface area contributed by atoms with Crippen molar-refractivity contribution in [3.05, 3.63) is 41.2 Å². The molecule has 2 saturated heterocycles. The first kappa shape index (κ1) is 29.4. The minimum absolute atomic E-state index is 0.307. The van der Waals surface area contributed by atoms with Gasteiger partial charge in [0.25, 0.3) is 0 Å². The maximum absolute atomic E-state index is 14.5.